The van der Waals surface area contributed by atoms with Gasteiger partial charge in [-0.1, -0.05) is 91.0 Å². The molecule has 12 heteroatoms. The Hall–Kier alpha value is -3.34. The van der Waals surface area contributed by atoms with Crippen molar-refractivity contribution in [1.82, 2.24) is 19.1 Å². The van der Waals surface area contributed by atoms with Gasteiger partial charge < -0.3 is 15.0 Å². The molecule has 4 aromatic rings. The summed E-state index contributed by atoms with van der Waals surface area (Å²) in [7, 11) is 0. The van der Waals surface area contributed by atoms with Crippen LogP contribution in [0.4, 0.5) is 0 Å². The van der Waals surface area contributed by atoms with Gasteiger partial charge in [0.2, 0.25) is 0 Å². The van der Waals surface area contributed by atoms with Crippen LogP contribution < -0.4 is 17.0 Å². The molecule has 0 saturated carbocycles. The topological polar surface area (TPSA) is 123 Å². The summed E-state index contributed by atoms with van der Waals surface area (Å²) >= 11 is 6.57. The fourth-order valence-electron chi connectivity index (χ4n) is 6.60. The highest BCUT2D eigenvalue weighted by atomic mass is 35.7. The molecule has 3 N–H and O–H groups in total. The smallest absolute Gasteiger partial charge is 0.350 e. The zero-order chi connectivity index (χ0) is 32.3. The summed E-state index contributed by atoms with van der Waals surface area (Å²) < 4.78 is 29.2. The van der Waals surface area contributed by atoms with Crippen LogP contribution in [0.15, 0.2) is 107 Å². The minimum absolute atomic E-state index is 0.0464. The third kappa shape index (κ3) is 6.57. The minimum atomic E-state index is -3.68. The predicted molar refractivity (Wildman–Crippen MR) is 179 cm³/mol. The van der Waals surface area contributed by atoms with Crippen LogP contribution in [-0.4, -0.2) is 64.1 Å². The molecule has 2 aliphatic rings. The van der Waals surface area contributed by atoms with Crippen molar-refractivity contribution < 1.29 is 13.8 Å². The zero-order valence-corrected chi connectivity index (χ0v) is 27.4. The van der Waals surface area contributed by atoms with Gasteiger partial charge in [-0.25, -0.2) is 9.46 Å². The van der Waals surface area contributed by atoms with Gasteiger partial charge in [-0.05, 0) is 47.7 Å². The summed E-state index contributed by atoms with van der Waals surface area (Å²) in [6.07, 6.45) is 1.42. The van der Waals surface area contributed by atoms with Gasteiger partial charge in [-0.2, -0.15) is 0 Å². The van der Waals surface area contributed by atoms with Gasteiger partial charge in [0.05, 0.1) is 18.2 Å². The molecule has 3 aromatic carbocycles. The quantitative estimate of drug-likeness (QED) is 0.193. The van der Waals surface area contributed by atoms with Crippen LogP contribution in [0, 0.1) is 6.92 Å². The molecule has 2 saturated heterocycles. The second-order valence-corrected chi connectivity index (χ2v) is 15.0. The summed E-state index contributed by atoms with van der Waals surface area (Å²) in [5.41, 5.74) is 7.63. The number of ether oxygens (including phenoxy) is 1. The van der Waals surface area contributed by atoms with Gasteiger partial charge >= 0.3 is 12.6 Å². The largest absolute Gasteiger partial charge is 0.363 e. The number of nitrogens with one attached hydrogen (secondary N) is 1. The molecule has 2 fully saturated rings. The molecule has 242 valence electrons. The van der Waals surface area contributed by atoms with Gasteiger partial charge in [0, 0.05) is 44.0 Å². The van der Waals surface area contributed by atoms with Crippen molar-refractivity contribution in [3.63, 3.8) is 0 Å². The summed E-state index contributed by atoms with van der Waals surface area (Å²) in [4.78, 5) is 30.2. The first-order chi connectivity index (χ1) is 22.2. The van der Waals surface area contributed by atoms with Gasteiger partial charge in [0.15, 0.2) is 6.23 Å². The lowest BCUT2D eigenvalue weighted by Crippen LogP contribution is -2.58. The zero-order valence-electron chi connectivity index (χ0n) is 25.7. The fourth-order valence-corrected chi connectivity index (χ4v) is 8.45. The van der Waals surface area contributed by atoms with E-state index in [4.69, 9.17) is 26.2 Å². The Morgan fingerprint density at radius 2 is 1.43 bits per heavy atom. The van der Waals surface area contributed by atoms with Crippen molar-refractivity contribution in [3.8, 4) is 0 Å². The molecule has 6 rings (SSSR count). The number of H-pyrrole nitrogens is 1. The van der Waals surface area contributed by atoms with E-state index in [0.717, 1.165) is 16.7 Å². The molecule has 1 aromatic heterocycles. The SMILES string of the molecule is Cc1cn([C@H]2CN(C(c3ccccc3)(c3ccccc3)c3ccccc3)C[C@@H](COP(=O)(Cl)N3CCC(N)CC3)O2)c(=O)[nH]c1=O. The molecule has 0 amide bonds. The van der Waals surface area contributed by atoms with Crippen LogP contribution in [-0.2, 0) is 19.4 Å². The normalized spacial score (nSPS) is 21.5. The standard InChI is InChI=1S/C34H39ClN5O5P/c1-25-21-40(33(42)37-32(25)41)31-23-38(22-30(45-31)24-44-46(35,43)39-19-17-29(36)18-20-39)34(26-11-5-2-6-12-26,27-13-7-3-8-14-27)28-15-9-4-10-16-28/h2-16,21,29-31H,17-20,22-24,36H2,1H3,(H,37,41,42)/t30-,31+,46?/m0/s1. The van der Waals surface area contributed by atoms with Crippen LogP contribution in [0.2, 0.25) is 0 Å². The van der Waals surface area contributed by atoms with Crippen molar-refractivity contribution in [2.45, 2.75) is 43.7 Å². The van der Waals surface area contributed by atoms with E-state index in [1.807, 2.05) is 54.6 Å². The number of nitrogens with zero attached hydrogens (tertiary/aromatic N) is 3. The number of piperidine rings is 1. The molecule has 3 atom stereocenters. The first-order valence-corrected chi connectivity index (χ1v) is 18.0. The Morgan fingerprint density at radius 1 is 0.913 bits per heavy atom. The highest BCUT2D eigenvalue weighted by Gasteiger charge is 2.47. The predicted octanol–water partition coefficient (Wildman–Crippen LogP) is 4.82. The summed E-state index contributed by atoms with van der Waals surface area (Å²) in [5, 5.41) is 0. The van der Waals surface area contributed by atoms with Gasteiger partial charge in [0.1, 0.15) is 0 Å². The van der Waals surface area contributed by atoms with E-state index in [1.165, 1.54) is 10.8 Å². The number of hydrogen-bond acceptors (Lipinski definition) is 7. The van der Waals surface area contributed by atoms with Crippen molar-refractivity contribution >= 4 is 18.1 Å². The third-order valence-electron chi connectivity index (χ3n) is 8.93. The average molecular weight is 664 g/mol. The summed E-state index contributed by atoms with van der Waals surface area (Å²) in [6.45, 7) is -0.517. The highest BCUT2D eigenvalue weighted by molar-refractivity contribution is 7.83. The van der Waals surface area contributed by atoms with Crippen molar-refractivity contribution in [2.75, 3.05) is 32.8 Å². The molecule has 0 aliphatic carbocycles. The summed E-state index contributed by atoms with van der Waals surface area (Å²) in [5.74, 6) is 0. The number of benzene rings is 3. The number of aromatic nitrogens is 2. The number of rotatable bonds is 9. The first-order valence-electron chi connectivity index (χ1n) is 15.5. The van der Waals surface area contributed by atoms with E-state index in [0.29, 0.717) is 38.0 Å². The van der Waals surface area contributed by atoms with Crippen LogP contribution >= 0.6 is 18.1 Å². The molecular formula is C34H39ClN5O5P. The molecule has 0 spiro atoms. The van der Waals surface area contributed by atoms with E-state index in [2.05, 4.69) is 46.3 Å². The number of aromatic amines is 1. The maximum absolute atomic E-state index is 13.6. The van der Waals surface area contributed by atoms with Crippen molar-refractivity contribution in [1.29, 1.82) is 0 Å². The Bertz CT molecular complexity index is 1680. The lowest BCUT2D eigenvalue weighted by molar-refractivity contribution is -0.148. The fraction of sp³-hybridized carbons (Fsp3) is 0.353. The number of hydrogen-bond donors (Lipinski definition) is 2. The van der Waals surface area contributed by atoms with Gasteiger partial charge in [0.25, 0.3) is 5.56 Å². The van der Waals surface area contributed by atoms with E-state index >= 15 is 0 Å². The lowest BCUT2D eigenvalue weighted by atomic mass is 9.75. The van der Waals surface area contributed by atoms with E-state index in [-0.39, 0.29) is 19.2 Å². The first kappa shape index (κ1) is 32.6. The molecule has 3 heterocycles. The number of aryl methyl sites for hydroxylation is 1. The highest BCUT2D eigenvalue weighted by Crippen LogP contribution is 2.57. The van der Waals surface area contributed by atoms with E-state index in [9.17, 15) is 14.2 Å². The Labute approximate surface area is 273 Å². The van der Waals surface area contributed by atoms with E-state index in [1.54, 1.807) is 11.6 Å². The number of morpholine rings is 1. The van der Waals surface area contributed by atoms with Crippen LogP contribution in [0.3, 0.4) is 0 Å². The van der Waals surface area contributed by atoms with Crippen LogP contribution in [0.5, 0.6) is 0 Å². The van der Waals surface area contributed by atoms with Crippen LogP contribution in [0.25, 0.3) is 0 Å². The Balaban J connectivity index is 1.46. The lowest BCUT2D eigenvalue weighted by Gasteiger charge is -2.50. The molecule has 46 heavy (non-hydrogen) atoms. The van der Waals surface area contributed by atoms with Crippen molar-refractivity contribution in [3.05, 3.63) is 140 Å². The van der Waals surface area contributed by atoms with Gasteiger partial charge in [-0.15, -0.1) is 0 Å². The molecular weight excluding hydrogens is 625 g/mol. The molecule has 10 nitrogen and oxygen atoms in total. The van der Waals surface area contributed by atoms with Crippen LogP contribution in [0.1, 0.15) is 41.3 Å². The summed E-state index contributed by atoms with van der Waals surface area (Å²) in [6, 6.07) is 30.7. The Morgan fingerprint density at radius 3 is 1.96 bits per heavy atom. The third-order valence-corrected chi connectivity index (χ3v) is 11.4. The second-order valence-electron chi connectivity index (χ2n) is 11.9. The molecule has 1 unspecified atom stereocenters. The minimum Gasteiger partial charge on any atom is -0.350 e. The molecule has 0 radical (unpaired) electrons. The average Bonchev–Trinajstić information content (AvgIpc) is 3.07. The number of nitrogens with two attached hydrogens (primary N) is 1. The maximum Gasteiger partial charge on any atom is 0.363 e. The number of halogens is 1. The molecule has 0 bridgehead atoms. The monoisotopic (exact) mass is 663 g/mol. The second kappa shape index (κ2) is 13.8. The molecule has 2 aliphatic heterocycles. The van der Waals surface area contributed by atoms with E-state index < -0.39 is 36.0 Å². The maximum atomic E-state index is 13.6. The van der Waals surface area contributed by atoms with Crippen molar-refractivity contribution in [2.24, 2.45) is 5.73 Å². The Kier molecular flexibility index (Phi) is 9.77. The van der Waals surface area contributed by atoms with Gasteiger partial charge in [-0.3, -0.25) is 23.8 Å².